The predicted octanol–water partition coefficient (Wildman–Crippen LogP) is 4.22. The van der Waals surface area contributed by atoms with Crippen LogP contribution >= 0.6 is 31.9 Å². The van der Waals surface area contributed by atoms with Gasteiger partial charge in [0.25, 0.3) is 0 Å². The molecular weight excluding hydrogens is 382 g/mol. The highest BCUT2D eigenvalue weighted by Gasteiger charge is 2.11. The number of nitrogens with zero attached hydrogens (tertiary/aromatic N) is 2. The number of nitrogens with two attached hydrogens (primary N) is 1. The van der Waals surface area contributed by atoms with Crippen LogP contribution in [0.3, 0.4) is 0 Å². The quantitative estimate of drug-likeness (QED) is 0.706. The molecule has 1 aromatic heterocycles. The SMILES string of the molecule is Cn1c(-c2cc(Br)cc(Br)c2)nc2ccc(CN)cc21. The monoisotopic (exact) mass is 393 g/mol. The Morgan fingerprint density at radius 1 is 1.10 bits per heavy atom. The summed E-state index contributed by atoms with van der Waals surface area (Å²) in [6, 6.07) is 12.3. The zero-order valence-corrected chi connectivity index (χ0v) is 14.1. The molecule has 0 spiro atoms. The summed E-state index contributed by atoms with van der Waals surface area (Å²) < 4.78 is 4.15. The van der Waals surface area contributed by atoms with Crippen LogP contribution in [0.4, 0.5) is 0 Å². The van der Waals surface area contributed by atoms with E-state index in [1.807, 2.05) is 25.2 Å². The van der Waals surface area contributed by atoms with E-state index in [1.54, 1.807) is 0 Å². The molecule has 0 saturated heterocycles. The summed E-state index contributed by atoms with van der Waals surface area (Å²) in [4.78, 5) is 4.72. The van der Waals surface area contributed by atoms with Gasteiger partial charge in [-0.25, -0.2) is 4.98 Å². The summed E-state index contributed by atoms with van der Waals surface area (Å²) >= 11 is 7.04. The van der Waals surface area contributed by atoms with E-state index in [0.29, 0.717) is 6.54 Å². The Morgan fingerprint density at radius 2 is 1.80 bits per heavy atom. The molecule has 0 aliphatic rings. The Balaban J connectivity index is 2.23. The minimum atomic E-state index is 0.541. The second kappa shape index (κ2) is 5.31. The molecule has 0 radical (unpaired) electrons. The number of halogens is 2. The van der Waals surface area contributed by atoms with E-state index in [1.165, 1.54) is 0 Å². The lowest BCUT2D eigenvalue weighted by Crippen LogP contribution is -1.97. The average molecular weight is 395 g/mol. The van der Waals surface area contributed by atoms with Crippen LogP contribution in [0.25, 0.3) is 22.4 Å². The highest BCUT2D eigenvalue weighted by molar-refractivity contribution is 9.11. The summed E-state index contributed by atoms with van der Waals surface area (Å²) in [5.41, 5.74) is 9.97. The Bertz CT molecular complexity index is 773. The molecule has 20 heavy (non-hydrogen) atoms. The molecule has 0 bridgehead atoms. The zero-order valence-electron chi connectivity index (χ0n) is 10.9. The van der Waals surface area contributed by atoms with Gasteiger partial charge < -0.3 is 10.3 Å². The third-order valence-corrected chi connectivity index (χ3v) is 4.22. The number of imidazole rings is 1. The van der Waals surface area contributed by atoms with Crippen LogP contribution in [0.5, 0.6) is 0 Å². The van der Waals surface area contributed by atoms with Gasteiger partial charge in [-0.1, -0.05) is 37.9 Å². The van der Waals surface area contributed by atoms with Crippen LogP contribution in [-0.4, -0.2) is 9.55 Å². The lowest BCUT2D eigenvalue weighted by atomic mass is 10.2. The Labute approximate surface area is 134 Å². The van der Waals surface area contributed by atoms with Gasteiger partial charge in [-0.15, -0.1) is 0 Å². The smallest absolute Gasteiger partial charge is 0.140 e. The summed E-state index contributed by atoms with van der Waals surface area (Å²) in [5, 5.41) is 0. The normalized spacial score (nSPS) is 11.2. The largest absolute Gasteiger partial charge is 0.327 e. The number of hydrogen-bond donors (Lipinski definition) is 1. The topological polar surface area (TPSA) is 43.8 Å². The molecule has 0 saturated carbocycles. The van der Waals surface area contributed by atoms with Crippen LogP contribution in [-0.2, 0) is 13.6 Å². The van der Waals surface area contributed by atoms with Gasteiger partial charge >= 0.3 is 0 Å². The minimum Gasteiger partial charge on any atom is -0.327 e. The molecule has 102 valence electrons. The van der Waals surface area contributed by atoms with Crippen molar-refractivity contribution >= 4 is 42.9 Å². The Hall–Kier alpha value is -1.17. The summed E-state index contributed by atoms with van der Waals surface area (Å²) in [6.07, 6.45) is 0. The van der Waals surface area contributed by atoms with Gasteiger partial charge in [-0.05, 0) is 35.9 Å². The molecule has 0 fully saturated rings. The molecule has 1 heterocycles. The van der Waals surface area contributed by atoms with E-state index in [0.717, 1.165) is 36.9 Å². The molecule has 0 amide bonds. The number of rotatable bonds is 2. The number of hydrogen-bond acceptors (Lipinski definition) is 2. The van der Waals surface area contributed by atoms with Crippen LogP contribution < -0.4 is 5.73 Å². The molecule has 5 heteroatoms. The Morgan fingerprint density at radius 3 is 2.45 bits per heavy atom. The van der Waals surface area contributed by atoms with Gasteiger partial charge in [0.05, 0.1) is 11.0 Å². The van der Waals surface area contributed by atoms with Gasteiger partial charge in [0.1, 0.15) is 5.82 Å². The first-order valence-electron chi connectivity index (χ1n) is 6.20. The predicted molar refractivity (Wildman–Crippen MR) is 89.4 cm³/mol. The standard InChI is InChI=1S/C15H13Br2N3/c1-20-14-4-9(8-18)2-3-13(14)19-15(20)10-5-11(16)7-12(17)6-10/h2-7H,8,18H2,1H3. The fourth-order valence-electron chi connectivity index (χ4n) is 2.30. The van der Waals surface area contributed by atoms with E-state index >= 15 is 0 Å². The molecule has 3 rings (SSSR count). The molecule has 2 aromatic carbocycles. The maximum atomic E-state index is 5.71. The first-order chi connectivity index (χ1) is 9.58. The maximum Gasteiger partial charge on any atom is 0.140 e. The van der Waals surface area contributed by atoms with Crippen molar-refractivity contribution in [2.75, 3.05) is 0 Å². The molecule has 3 nitrogen and oxygen atoms in total. The Kier molecular flexibility index (Phi) is 3.67. The fraction of sp³-hybridized carbons (Fsp3) is 0.133. The number of aryl methyl sites for hydroxylation is 1. The second-order valence-corrected chi connectivity index (χ2v) is 6.51. The first-order valence-corrected chi connectivity index (χ1v) is 7.79. The lowest BCUT2D eigenvalue weighted by Gasteiger charge is -2.04. The van der Waals surface area contributed by atoms with Crippen LogP contribution in [0.2, 0.25) is 0 Å². The van der Waals surface area contributed by atoms with Crippen LogP contribution in [0.15, 0.2) is 45.3 Å². The molecule has 2 N–H and O–H groups in total. The number of fused-ring (bicyclic) bond motifs is 1. The van der Waals surface area contributed by atoms with Gasteiger partial charge in [0.15, 0.2) is 0 Å². The minimum absolute atomic E-state index is 0.541. The van der Waals surface area contributed by atoms with Crippen molar-refractivity contribution in [3.05, 3.63) is 50.9 Å². The van der Waals surface area contributed by atoms with E-state index < -0.39 is 0 Å². The van der Waals surface area contributed by atoms with Crippen molar-refractivity contribution < 1.29 is 0 Å². The molecular formula is C15H13Br2N3. The molecule has 0 atom stereocenters. The average Bonchev–Trinajstić information content (AvgIpc) is 2.74. The highest BCUT2D eigenvalue weighted by atomic mass is 79.9. The van der Waals surface area contributed by atoms with Crippen molar-refractivity contribution in [1.82, 2.24) is 9.55 Å². The van der Waals surface area contributed by atoms with E-state index in [-0.39, 0.29) is 0 Å². The van der Waals surface area contributed by atoms with Crippen molar-refractivity contribution in [3.8, 4) is 11.4 Å². The van der Waals surface area contributed by atoms with Gasteiger partial charge in [0, 0.05) is 28.1 Å². The number of benzene rings is 2. The fourth-order valence-corrected chi connectivity index (χ4v) is 3.60. The van der Waals surface area contributed by atoms with Crippen LogP contribution in [0, 0.1) is 0 Å². The second-order valence-electron chi connectivity index (χ2n) is 4.68. The summed E-state index contributed by atoms with van der Waals surface area (Å²) in [5.74, 6) is 0.941. The van der Waals surface area contributed by atoms with Crippen molar-refractivity contribution in [3.63, 3.8) is 0 Å². The van der Waals surface area contributed by atoms with Gasteiger partial charge in [-0.3, -0.25) is 0 Å². The summed E-state index contributed by atoms with van der Waals surface area (Å²) in [7, 11) is 2.03. The molecule has 0 unspecified atom stereocenters. The van der Waals surface area contributed by atoms with Crippen molar-refractivity contribution in [1.29, 1.82) is 0 Å². The van der Waals surface area contributed by atoms with E-state index in [9.17, 15) is 0 Å². The van der Waals surface area contributed by atoms with E-state index in [2.05, 4.69) is 54.6 Å². The van der Waals surface area contributed by atoms with Gasteiger partial charge in [0.2, 0.25) is 0 Å². The number of aromatic nitrogens is 2. The third-order valence-electron chi connectivity index (χ3n) is 3.30. The molecule has 3 aromatic rings. The molecule has 0 aliphatic heterocycles. The van der Waals surface area contributed by atoms with Gasteiger partial charge in [-0.2, -0.15) is 0 Å². The van der Waals surface area contributed by atoms with Crippen molar-refractivity contribution in [2.45, 2.75) is 6.54 Å². The summed E-state index contributed by atoms with van der Waals surface area (Å²) in [6.45, 7) is 0.541. The first kappa shape index (κ1) is 13.8. The lowest BCUT2D eigenvalue weighted by molar-refractivity contribution is 0.956. The molecule has 0 aliphatic carbocycles. The van der Waals surface area contributed by atoms with Crippen LogP contribution in [0.1, 0.15) is 5.56 Å². The third kappa shape index (κ3) is 2.41. The van der Waals surface area contributed by atoms with Crippen molar-refractivity contribution in [2.24, 2.45) is 12.8 Å². The zero-order chi connectivity index (χ0) is 14.3. The maximum absolute atomic E-state index is 5.71. The van der Waals surface area contributed by atoms with E-state index in [4.69, 9.17) is 10.7 Å². The highest BCUT2D eigenvalue weighted by Crippen LogP contribution is 2.29.